The Kier molecular flexibility index (Phi) is 4.34. The van der Waals surface area contributed by atoms with Gasteiger partial charge < -0.3 is 5.32 Å². The van der Waals surface area contributed by atoms with E-state index in [-0.39, 0.29) is 17.9 Å². The molecule has 2 N–H and O–H groups in total. The number of rotatable bonds is 5. The summed E-state index contributed by atoms with van der Waals surface area (Å²) >= 11 is 0. The Labute approximate surface area is 90.5 Å². The van der Waals surface area contributed by atoms with Crippen molar-refractivity contribution in [3.8, 4) is 0 Å². The molecule has 4 nitrogen and oxygen atoms in total. The van der Waals surface area contributed by atoms with Gasteiger partial charge in [0.15, 0.2) is 0 Å². The molecule has 0 spiro atoms. The van der Waals surface area contributed by atoms with Crippen molar-refractivity contribution in [2.75, 3.05) is 0 Å². The van der Waals surface area contributed by atoms with Crippen LogP contribution in [0.4, 0.5) is 0 Å². The second-order valence-corrected chi connectivity index (χ2v) is 3.78. The van der Waals surface area contributed by atoms with Gasteiger partial charge in [-0.3, -0.25) is 9.89 Å². The van der Waals surface area contributed by atoms with Crippen molar-refractivity contribution in [2.24, 2.45) is 5.92 Å². The molecule has 0 saturated carbocycles. The highest BCUT2D eigenvalue weighted by molar-refractivity contribution is 5.78. The maximum atomic E-state index is 11.8. The molecular weight excluding hydrogens is 190 g/mol. The van der Waals surface area contributed by atoms with Crippen molar-refractivity contribution in [3.63, 3.8) is 0 Å². The average Bonchev–Trinajstić information content (AvgIpc) is 2.72. The van der Waals surface area contributed by atoms with Crippen LogP contribution in [-0.4, -0.2) is 16.1 Å². The predicted molar refractivity (Wildman–Crippen MR) is 59.2 cm³/mol. The summed E-state index contributed by atoms with van der Waals surface area (Å²) in [5, 5.41) is 9.58. The Hall–Kier alpha value is -1.32. The summed E-state index contributed by atoms with van der Waals surface area (Å²) < 4.78 is 0. The van der Waals surface area contributed by atoms with Crippen LogP contribution in [0, 0.1) is 5.92 Å². The van der Waals surface area contributed by atoms with Crippen LogP contribution in [0.3, 0.4) is 0 Å². The van der Waals surface area contributed by atoms with E-state index >= 15 is 0 Å². The molecule has 0 saturated heterocycles. The smallest absolute Gasteiger partial charge is 0.223 e. The van der Waals surface area contributed by atoms with Crippen molar-refractivity contribution in [3.05, 3.63) is 18.0 Å². The number of carbonyl (C=O) groups is 1. The van der Waals surface area contributed by atoms with Crippen LogP contribution in [-0.2, 0) is 4.79 Å². The number of aromatic amines is 1. The van der Waals surface area contributed by atoms with Crippen molar-refractivity contribution < 1.29 is 4.79 Å². The van der Waals surface area contributed by atoms with Gasteiger partial charge in [-0.05, 0) is 19.8 Å². The Morgan fingerprint density at radius 3 is 2.67 bits per heavy atom. The zero-order chi connectivity index (χ0) is 11.3. The van der Waals surface area contributed by atoms with Gasteiger partial charge in [0.2, 0.25) is 5.91 Å². The molecule has 1 rings (SSSR count). The van der Waals surface area contributed by atoms with E-state index in [4.69, 9.17) is 0 Å². The molecule has 1 atom stereocenters. The summed E-state index contributed by atoms with van der Waals surface area (Å²) in [5.74, 6) is 0.257. The Morgan fingerprint density at radius 1 is 1.53 bits per heavy atom. The van der Waals surface area contributed by atoms with Gasteiger partial charge in [0.05, 0.1) is 12.2 Å². The zero-order valence-corrected chi connectivity index (χ0v) is 9.58. The maximum Gasteiger partial charge on any atom is 0.223 e. The summed E-state index contributed by atoms with van der Waals surface area (Å²) in [5.41, 5.74) is 1.01. The lowest BCUT2D eigenvalue weighted by atomic mass is 10.0. The molecule has 1 amide bonds. The molecular formula is C11H19N3O. The highest BCUT2D eigenvalue weighted by Crippen LogP contribution is 2.13. The molecule has 1 heterocycles. The van der Waals surface area contributed by atoms with Crippen LogP contribution < -0.4 is 5.32 Å². The monoisotopic (exact) mass is 209 g/mol. The van der Waals surface area contributed by atoms with Crippen LogP contribution in [0.5, 0.6) is 0 Å². The lowest BCUT2D eigenvalue weighted by Crippen LogP contribution is -2.32. The second kappa shape index (κ2) is 5.53. The molecule has 0 bridgehead atoms. The largest absolute Gasteiger partial charge is 0.349 e. The SMILES string of the molecule is CCC(CC)C(=O)NC(C)c1cn[nH]c1. The van der Waals surface area contributed by atoms with Gasteiger partial charge in [-0.25, -0.2) is 0 Å². The van der Waals surface area contributed by atoms with Crippen molar-refractivity contribution in [2.45, 2.75) is 39.7 Å². The summed E-state index contributed by atoms with van der Waals surface area (Å²) in [4.78, 5) is 11.8. The van der Waals surface area contributed by atoms with Gasteiger partial charge in [-0.1, -0.05) is 13.8 Å². The van der Waals surface area contributed by atoms with Gasteiger partial charge in [-0.2, -0.15) is 5.10 Å². The van der Waals surface area contributed by atoms with E-state index in [1.165, 1.54) is 0 Å². The maximum absolute atomic E-state index is 11.8. The van der Waals surface area contributed by atoms with Crippen LogP contribution in [0.15, 0.2) is 12.4 Å². The minimum Gasteiger partial charge on any atom is -0.349 e. The third kappa shape index (κ3) is 3.08. The van der Waals surface area contributed by atoms with E-state index in [0.29, 0.717) is 0 Å². The highest BCUT2D eigenvalue weighted by Gasteiger charge is 2.17. The second-order valence-electron chi connectivity index (χ2n) is 3.78. The normalized spacial score (nSPS) is 12.8. The first-order valence-electron chi connectivity index (χ1n) is 5.48. The molecule has 0 aliphatic heterocycles. The molecule has 1 aromatic rings. The summed E-state index contributed by atoms with van der Waals surface area (Å²) in [6, 6.07) is 0.0249. The number of aromatic nitrogens is 2. The Morgan fingerprint density at radius 2 is 2.20 bits per heavy atom. The number of nitrogens with zero attached hydrogens (tertiary/aromatic N) is 1. The molecule has 0 radical (unpaired) electrons. The van der Waals surface area contributed by atoms with E-state index in [2.05, 4.69) is 15.5 Å². The number of amides is 1. The number of nitrogens with one attached hydrogen (secondary N) is 2. The predicted octanol–water partition coefficient (Wildman–Crippen LogP) is 2.02. The van der Waals surface area contributed by atoms with Gasteiger partial charge in [-0.15, -0.1) is 0 Å². The highest BCUT2D eigenvalue weighted by atomic mass is 16.1. The van der Waals surface area contributed by atoms with E-state index in [1.807, 2.05) is 20.8 Å². The quantitative estimate of drug-likeness (QED) is 0.779. The van der Waals surface area contributed by atoms with Crippen molar-refractivity contribution in [1.29, 1.82) is 0 Å². The van der Waals surface area contributed by atoms with Crippen LogP contribution in [0.25, 0.3) is 0 Å². The standard InChI is InChI=1S/C11H19N3O/c1-4-9(5-2)11(15)14-8(3)10-6-12-13-7-10/h6-9H,4-5H2,1-3H3,(H,12,13)(H,14,15). The molecule has 0 fully saturated rings. The molecule has 1 unspecified atom stereocenters. The third-order valence-electron chi connectivity index (χ3n) is 2.73. The molecule has 84 valence electrons. The number of carbonyl (C=O) groups excluding carboxylic acids is 1. The minimum absolute atomic E-state index is 0.0249. The van der Waals surface area contributed by atoms with Crippen molar-refractivity contribution >= 4 is 5.91 Å². The molecule has 1 aromatic heterocycles. The lowest BCUT2D eigenvalue weighted by molar-refractivity contribution is -0.125. The average molecular weight is 209 g/mol. The summed E-state index contributed by atoms with van der Waals surface area (Å²) in [7, 11) is 0. The van der Waals surface area contributed by atoms with E-state index < -0.39 is 0 Å². The number of H-pyrrole nitrogens is 1. The van der Waals surface area contributed by atoms with Crippen LogP contribution in [0.1, 0.15) is 45.2 Å². The first-order valence-corrected chi connectivity index (χ1v) is 5.48. The number of hydrogen-bond acceptors (Lipinski definition) is 2. The van der Waals surface area contributed by atoms with Gasteiger partial charge in [0, 0.05) is 17.7 Å². The van der Waals surface area contributed by atoms with Gasteiger partial charge in [0.1, 0.15) is 0 Å². The van der Waals surface area contributed by atoms with E-state index in [0.717, 1.165) is 18.4 Å². The first-order chi connectivity index (χ1) is 7.19. The molecule has 0 aliphatic rings. The molecule has 0 aliphatic carbocycles. The first kappa shape index (κ1) is 11.8. The topological polar surface area (TPSA) is 57.8 Å². The fourth-order valence-corrected chi connectivity index (χ4v) is 1.57. The number of hydrogen-bond donors (Lipinski definition) is 2. The van der Waals surface area contributed by atoms with Gasteiger partial charge in [0.25, 0.3) is 0 Å². The molecule has 15 heavy (non-hydrogen) atoms. The van der Waals surface area contributed by atoms with Crippen LogP contribution in [0.2, 0.25) is 0 Å². The van der Waals surface area contributed by atoms with E-state index in [1.54, 1.807) is 12.4 Å². The molecule has 0 aromatic carbocycles. The fraction of sp³-hybridized carbons (Fsp3) is 0.636. The Balaban J connectivity index is 2.51. The summed E-state index contributed by atoms with van der Waals surface area (Å²) in [6.07, 6.45) is 5.32. The minimum atomic E-state index is 0.0249. The van der Waals surface area contributed by atoms with Gasteiger partial charge >= 0.3 is 0 Å². The zero-order valence-electron chi connectivity index (χ0n) is 9.58. The van der Waals surface area contributed by atoms with Crippen LogP contribution >= 0.6 is 0 Å². The molecule has 4 heteroatoms. The Bertz CT molecular complexity index is 291. The summed E-state index contributed by atoms with van der Waals surface area (Å²) in [6.45, 7) is 6.04. The lowest BCUT2D eigenvalue weighted by Gasteiger charge is -2.17. The fourth-order valence-electron chi connectivity index (χ4n) is 1.57. The van der Waals surface area contributed by atoms with E-state index in [9.17, 15) is 4.79 Å². The van der Waals surface area contributed by atoms with Crippen molar-refractivity contribution in [1.82, 2.24) is 15.5 Å². The third-order valence-corrected chi connectivity index (χ3v) is 2.73.